The molecule has 6 heteroatoms. The summed E-state index contributed by atoms with van der Waals surface area (Å²) < 4.78 is 0. The molecule has 0 aliphatic rings. The molecule has 0 atom stereocenters. The van der Waals surface area contributed by atoms with E-state index in [9.17, 15) is 0 Å². The quantitative estimate of drug-likeness (QED) is 0.210. The monoisotopic (exact) mass is 538 g/mol. The van der Waals surface area contributed by atoms with E-state index in [4.69, 9.17) is 15.0 Å². The summed E-state index contributed by atoms with van der Waals surface area (Å²) in [6, 6.07) is 38.6. The van der Waals surface area contributed by atoms with Gasteiger partial charge in [0.2, 0.25) is 0 Å². The number of hydrogen-bond donors (Lipinski definition) is 0. The number of fused-ring (bicyclic) bond motifs is 4. The summed E-state index contributed by atoms with van der Waals surface area (Å²) in [5.74, 6) is 0. The van der Waals surface area contributed by atoms with E-state index in [1.165, 1.54) is 0 Å². The molecule has 8 aromatic rings. The second kappa shape index (κ2) is 9.94. The Morgan fingerprint density at radius 3 is 1.79 bits per heavy atom. The van der Waals surface area contributed by atoms with Crippen LogP contribution in [0.4, 0.5) is 0 Å². The van der Waals surface area contributed by atoms with Gasteiger partial charge in [0.05, 0.1) is 39.1 Å². The molecule has 6 nitrogen and oxygen atoms in total. The second-order valence-corrected chi connectivity index (χ2v) is 10.0. The summed E-state index contributed by atoms with van der Waals surface area (Å²) in [6.45, 7) is 0. The smallest absolute Gasteiger partial charge is 0.117 e. The molecule has 0 unspecified atom stereocenters. The molecule has 0 fully saturated rings. The van der Waals surface area contributed by atoms with Crippen LogP contribution < -0.4 is 0 Å². The normalized spacial score (nSPS) is 11.3. The van der Waals surface area contributed by atoms with Gasteiger partial charge in [-0.15, -0.1) is 0 Å². The first-order valence-corrected chi connectivity index (χ1v) is 13.7. The van der Waals surface area contributed by atoms with E-state index in [1.54, 1.807) is 12.4 Å². The highest BCUT2D eigenvalue weighted by Crippen LogP contribution is 2.32. The zero-order valence-corrected chi connectivity index (χ0v) is 22.4. The molecule has 3 aromatic carbocycles. The average Bonchev–Trinajstić information content (AvgIpc) is 3.08. The van der Waals surface area contributed by atoms with Crippen molar-refractivity contribution in [3.63, 3.8) is 0 Å². The van der Waals surface area contributed by atoms with Gasteiger partial charge in [-0.25, -0.2) is 15.0 Å². The summed E-state index contributed by atoms with van der Waals surface area (Å²) in [5.41, 5.74) is 10.4. The third kappa shape index (κ3) is 4.22. The standard InChI is InChI=1S/C36H22N6/c1-3-18-37-30(10-1)35-36(31-11-2-4-19-38-31)42-32-22-26(15-17-29(32)41-35)25-7-5-8-27(21-25)28-16-14-24-13-12-23-9-6-20-39-33(23)34(24)40-28/h1-22H. The lowest BCUT2D eigenvalue weighted by atomic mass is 10.00. The van der Waals surface area contributed by atoms with E-state index in [-0.39, 0.29) is 0 Å². The van der Waals surface area contributed by atoms with Crippen molar-refractivity contribution >= 4 is 32.8 Å². The lowest BCUT2D eigenvalue weighted by Gasteiger charge is -2.11. The molecule has 0 bridgehead atoms. The molecule has 0 saturated heterocycles. The zero-order valence-electron chi connectivity index (χ0n) is 22.4. The number of hydrogen-bond acceptors (Lipinski definition) is 6. The van der Waals surface area contributed by atoms with Crippen LogP contribution in [-0.4, -0.2) is 29.9 Å². The number of benzene rings is 3. The maximum Gasteiger partial charge on any atom is 0.117 e. The molecule has 0 aliphatic carbocycles. The van der Waals surface area contributed by atoms with Gasteiger partial charge in [-0.3, -0.25) is 15.0 Å². The van der Waals surface area contributed by atoms with Crippen molar-refractivity contribution in [2.45, 2.75) is 0 Å². The van der Waals surface area contributed by atoms with Crippen LogP contribution in [0.5, 0.6) is 0 Å². The predicted molar refractivity (Wildman–Crippen MR) is 167 cm³/mol. The number of nitrogens with zero attached hydrogens (tertiary/aromatic N) is 6. The Labute approximate surface area is 241 Å². The van der Waals surface area contributed by atoms with Crippen LogP contribution in [0.2, 0.25) is 0 Å². The Kier molecular flexibility index (Phi) is 5.67. The van der Waals surface area contributed by atoms with E-state index in [1.807, 2.05) is 54.7 Å². The van der Waals surface area contributed by atoms with E-state index in [0.29, 0.717) is 11.4 Å². The van der Waals surface area contributed by atoms with E-state index in [0.717, 1.165) is 66.6 Å². The Morgan fingerprint density at radius 1 is 0.357 bits per heavy atom. The molecule has 0 radical (unpaired) electrons. The van der Waals surface area contributed by atoms with Crippen LogP contribution in [0, 0.1) is 0 Å². The molecule has 0 spiro atoms. The summed E-state index contributed by atoms with van der Waals surface area (Å²) in [7, 11) is 0. The van der Waals surface area contributed by atoms with Crippen LogP contribution in [0.1, 0.15) is 0 Å². The Bertz CT molecular complexity index is 2250. The van der Waals surface area contributed by atoms with Gasteiger partial charge in [-0.05, 0) is 65.7 Å². The van der Waals surface area contributed by atoms with Crippen molar-refractivity contribution in [1.29, 1.82) is 0 Å². The molecule has 8 rings (SSSR count). The molecule has 42 heavy (non-hydrogen) atoms. The highest BCUT2D eigenvalue weighted by Gasteiger charge is 2.16. The van der Waals surface area contributed by atoms with Crippen molar-refractivity contribution in [1.82, 2.24) is 29.9 Å². The molecule has 5 aromatic heterocycles. The molecule has 0 saturated carbocycles. The second-order valence-electron chi connectivity index (χ2n) is 10.0. The summed E-state index contributed by atoms with van der Waals surface area (Å²) in [4.78, 5) is 28.8. The minimum Gasteiger partial charge on any atom is -0.255 e. The van der Waals surface area contributed by atoms with Gasteiger partial charge >= 0.3 is 0 Å². The van der Waals surface area contributed by atoms with Gasteiger partial charge in [0, 0.05) is 34.9 Å². The molecule has 0 amide bonds. The van der Waals surface area contributed by atoms with Crippen molar-refractivity contribution in [3.05, 3.63) is 134 Å². The van der Waals surface area contributed by atoms with E-state index < -0.39 is 0 Å². The van der Waals surface area contributed by atoms with Crippen molar-refractivity contribution in [2.24, 2.45) is 0 Å². The molecule has 0 N–H and O–H groups in total. The lowest BCUT2D eigenvalue weighted by Crippen LogP contribution is -1.98. The molecular formula is C36H22N6. The Hall–Kier alpha value is -5.88. The van der Waals surface area contributed by atoms with E-state index >= 15 is 0 Å². The molecule has 0 aliphatic heterocycles. The SMILES string of the molecule is c1ccc(-c2nc3ccc(-c4cccc(-c5ccc6ccc7cccnc7c6n5)c4)cc3nc2-c2ccccn2)nc1. The van der Waals surface area contributed by atoms with Gasteiger partial charge in [-0.1, -0.05) is 60.7 Å². The minimum absolute atomic E-state index is 0.703. The first-order valence-electron chi connectivity index (χ1n) is 13.7. The maximum atomic E-state index is 5.07. The van der Waals surface area contributed by atoms with Gasteiger partial charge < -0.3 is 0 Å². The zero-order chi connectivity index (χ0) is 27.9. The fourth-order valence-corrected chi connectivity index (χ4v) is 5.34. The lowest BCUT2D eigenvalue weighted by molar-refractivity contribution is 1.21. The van der Waals surface area contributed by atoms with Gasteiger partial charge in [0.1, 0.15) is 11.4 Å². The number of pyridine rings is 4. The van der Waals surface area contributed by atoms with Crippen LogP contribution >= 0.6 is 0 Å². The minimum atomic E-state index is 0.703. The van der Waals surface area contributed by atoms with Crippen LogP contribution in [0.3, 0.4) is 0 Å². The number of rotatable bonds is 4. The Balaban J connectivity index is 1.24. The predicted octanol–water partition coefficient (Wildman–Crippen LogP) is 8.18. The maximum absolute atomic E-state index is 5.07. The highest BCUT2D eigenvalue weighted by molar-refractivity contribution is 6.03. The largest absolute Gasteiger partial charge is 0.255 e. The van der Waals surface area contributed by atoms with Gasteiger partial charge in [-0.2, -0.15) is 0 Å². The van der Waals surface area contributed by atoms with Crippen molar-refractivity contribution in [3.8, 4) is 45.2 Å². The van der Waals surface area contributed by atoms with Crippen molar-refractivity contribution < 1.29 is 0 Å². The molecule has 196 valence electrons. The van der Waals surface area contributed by atoms with Gasteiger partial charge in [0.15, 0.2) is 0 Å². The third-order valence-electron chi connectivity index (χ3n) is 7.40. The summed E-state index contributed by atoms with van der Waals surface area (Å²) in [6.07, 6.45) is 5.35. The first kappa shape index (κ1) is 24.0. The topological polar surface area (TPSA) is 77.3 Å². The highest BCUT2D eigenvalue weighted by atomic mass is 14.9. The fraction of sp³-hybridized carbons (Fsp3) is 0. The van der Waals surface area contributed by atoms with Crippen LogP contribution in [0.25, 0.3) is 78.0 Å². The summed E-state index contributed by atoms with van der Waals surface area (Å²) in [5, 5.41) is 2.15. The summed E-state index contributed by atoms with van der Waals surface area (Å²) >= 11 is 0. The van der Waals surface area contributed by atoms with Crippen LogP contribution in [-0.2, 0) is 0 Å². The van der Waals surface area contributed by atoms with Crippen molar-refractivity contribution in [2.75, 3.05) is 0 Å². The fourth-order valence-electron chi connectivity index (χ4n) is 5.34. The number of aromatic nitrogens is 6. The molecule has 5 heterocycles. The van der Waals surface area contributed by atoms with E-state index in [2.05, 4.69) is 81.7 Å². The molecular weight excluding hydrogens is 516 g/mol. The first-order chi connectivity index (χ1) is 20.8. The van der Waals surface area contributed by atoms with Crippen LogP contribution in [0.15, 0.2) is 134 Å². The third-order valence-corrected chi connectivity index (χ3v) is 7.40. The van der Waals surface area contributed by atoms with Gasteiger partial charge in [0.25, 0.3) is 0 Å². The average molecular weight is 539 g/mol. The Morgan fingerprint density at radius 2 is 1.02 bits per heavy atom.